The highest BCUT2D eigenvalue weighted by Crippen LogP contribution is 2.19. The number of hydrogen-bond donors (Lipinski definition) is 0. The van der Waals surface area contributed by atoms with E-state index in [9.17, 15) is 9.59 Å². The fraction of sp³-hybridized carbons (Fsp3) is 0.250. The van der Waals surface area contributed by atoms with E-state index in [4.69, 9.17) is 9.47 Å². The molecule has 0 N–H and O–H groups in total. The molecule has 1 atom stereocenters. The number of esters is 2. The maximum Gasteiger partial charge on any atom is 0.329 e. The first kappa shape index (κ1) is 14.8. The highest BCUT2D eigenvalue weighted by molar-refractivity contribution is 5.74. The van der Waals surface area contributed by atoms with Gasteiger partial charge in [-0.1, -0.05) is 12.1 Å². The maximum atomic E-state index is 11.9. The van der Waals surface area contributed by atoms with Crippen molar-refractivity contribution in [2.24, 2.45) is 0 Å². The molecule has 0 saturated heterocycles. The van der Waals surface area contributed by atoms with Crippen LogP contribution in [0.15, 0.2) is 48.8 Å². The molecule has 0 fully saturated rings. The van der Waals surface area contributed by atoms with Crippen LogP contribution in [0.25, 0.3) is 0 Å². The lowest BCUT2D eigenvalue weighted by Crippen LogP contribution is -2.22. The largest absolute Gasteiger partial charge is 0.467 e. The summed E-state index contributed by atoms with van der Waals surface area (Å²) in [5.41, 5.74) is 0.954. The Morgan fingerprint density at radius 3 is 2.29 bits per heavy atom. The van der Waals surface area contributed by atoms with Crippen molar-refractivity contribution in [1.82, 2.24) is 4.57 Å². The summed E-state index contributed by atoms with van der Waals surface area (Å²) in [7, 11) is 1.38. The van der Waals surface area contributed by atoms with Gasteiger partial charge < -0.3 is 14.0 Å². The maximum absolute atomic E-state index is 11.9. The molecular formula is C16H17NO4. The predicted molar refractivity (Wildman–Crippen MR) is 76.9 cm³/mol. The first-order valence-corrected chi connectivity index (χ1v) is 6.58. The number of methoxy groups -OCH3 is 1. The minimum Gasteiger partial charge on any atom is -0.467 e. The molecule has 5 nitrogen and oxygen atoms in total. The van der Waals surface area contributed by atoms with Gasteiger partial charge in [0.15, 0.2) is 0 Å². The van der Waals surface area contributed by atoms with Crippen molar-refractivity contribution < 1.29 is 19.1 Å². The van der Waals surface area contributed by atoms with E-state index in [1.165, 1.54) is 14.0 Å². The molecule has 1 heterocycles. The first-order valence-electron chi connectivity index (χ1n) is 6.58. The zero-order chi connectivity index (χ0) is 15.2. The molecular weight excluding hydrogens is 270 g/mol. The molecule has 1 aromatic heterocycles. The number of carbonyl (C=O) groups excluding carboxylic acids is 2. The summed E-state index contributed by atoms with van der Waals surface area (Å²) < 4.78 is 11.6. The molecule has 21 heavy (non-hydrogen) atoms. The minimum atomic E-state index is -0.412. The Balaban J connectivity index is 2.13. The first-order chi connectivity index (χ1) is 10.1. The van der Waals surface area contributed by atoms with Crippen molar-refractivity contribution in [2.45, 2.75) is 19.4 Å². The Kier molecular flexibility index (Phi) is 4.77. The van der Waals surface area contributed by atoms with Crippen LogP contribution < -0.4 is 4.74 Å². The van der Waals surface area contributed by atoms with Crippen molar-refractivity contribution >= 4 is 11.9 Å². The van der Waals surface area contributed by atoms with Gasteiger partial charge in [0, 0.05) is 25.7 Å². The van der Waals surface area contributed by atoms with Gasteiger partial charge in [-0.2, -0.15) is 0 Å². The molecule has 2 aromatic rings. The summed E-state index contributed by atoms with van der Waals surface area (Å²) in [6, 6.07) is 10.4. The molecule has 5 heteroatoms. The molecule has 0 aliphatic carbocycles. The van der Waals surface area contributed by atoms with Crippen LogP contribution in [0.1, 0.15) is 18.5 Å². The highest BCUT2D eigenvalue weighted by atomic mass is 16.5. The summed E-state index contributed by atoms with van der Waals surface area (Å²) in [6.07, 6.45) is 4.16. The average Bonchev–Trinajstić information content (AvgIpc) is 2.99. The standard InChI is InChI=1S/C16H17NO4/c1-12(18)21-14-7-5-13(6-8-14)11-15(16(19)20-2)17-9-3-4-10-17/h3-10,15H,11H2,1-2H3/t15-/m0/s1. The number of ether oxygens (including phenoxy) is 2. The third-order valence-electron chi connectivity index (χ3n) is 3.07. The predicted octanol–water partition coefficient (Wildman–Crippen LogP) is 2.37. The molecule has 2 rings (SSSR count). The van der Waals surface area contributed by atoms with E-state index < -0.39 is 6.04 Å². The van der Waals surface area contributed by atoms with Gasteiger partial charge in [0.05, 0.1) is 7.11 Å². The number of carbonyl (C=O) groups is 2. The molecule has 0 unspecified atom stereocenters. The van der Waals surface area contributed by atoms with Crippen LogP contribution in [0.5, 0.6) is 5.75 Å². The van der Waals surface area contributed by atoms with Crippen LogP contribution >= 0.6 is 0 Å². The van der Waals surface area contributed by atoms with Crippen molar-refractivity contribution in [2.75, 3.05) is 7.11 Å². The zero-order valence-electron chi connectivity index (χ0n) is 12.0. The van der Waals surface area contributed by atoms with Crippen LogP contribution in [0.2, 0.25) is 0 Å². The number of hydrogen-bond acceptors (Lipinski definition) is 4. The van der Waals surface area contributed by atoms with Crippen molar-refractivity contribution in [3.05, 3.63) is 54.4 Å². The molecule has 0 radical (unpaired) electrons. The Morgan fingerprint density at radius 2 is 1.76 bits per heavy atom. The Hall–Kier alpha value is -2.56. The Bertz CT molecular complexity index is 602. The van der Waals surface area contributed by atoms with Gasteiger partial charge in [0.2, 0.25) is 0 Å². The average molecular weight is 287 g/mol. The molecule has 0 aliphatic heterocycles. The second kappa shape index (κ2) is 6.74. The molecule has 0 aliphatic rings. The van der Waals surface area contributed by atoms with Gasteiger partial charge in [-0.3, -0.25) is 4.79 Å². The smallest absolute Gasteiger partial charge is 0.329 e. The minimum absolute atomic E-state index is 0.296. The van der Waals surface area contributed by atoms with E-state index in [-0.39, 0.29) is 11.9 Å². The summed E-state index contributed by atoms with van der Waals surface area (Å²) in [4.78, 5) is 22.8. The third-order valence-corrected chi connectivity index (χ3v) is 3.07. The van der Waals surface area contributed by atoms with E-state index in [1.54, 1.807) is 12.1 Å². The van der Waals surface area contributed by atoms with Gasteiger partial charge in [0.1, 0.15) is 11.8 Å². The van der Waals surface area contributed by atoms with Gasteiger partial charge in [-0.15, -0.1) is 0 Å². The molecule has 0 spiro atoms. The van der Waals surface area contributed by atoms with E-state index in [0.717, 1.165) is 5.56 Å². The SMILES string of the molecule is COC(=O)[C@H](Cc1ccc(OC(C)=O)cc1)n1cccc1. The Morgan fingerprint density at radius 1 is 1.14 bits per heavy atom. The monoisotopic (exact) mass is 287 g/mol. The van der Waals surface area contributed by atoms with Crippen LogP contribution in [-0.4, -0.2) is 23.6 Å². The molecule has 0 bridgehead atoms. The second-order valence-electron chi connectivity index (χ2n) is 4.61. The third kappa shape index (κ3) is 3.95. The van der Waals surface area contributed by atoms with Crippen LogP contribution in [0.3, 0.4) is 0 Å². The topological polar surface area (TPSA) is 57.5 Å². The second-order valence-corrected chi connectivity index (χ2v) is 4.61. The fourth-order valence-electron chi connectivity index (χ4n) is 2.08. The van der Waals surface area contributed by atoms with E-state index >= 15 is 0 Å². The van der Waals surface area contributed by atoms with Crippen LogP contribution in [-0.2, 0) is 20.7 Å². The normalized spacial score (nSPS) is 11.7. The van der Waals surface area contributed by atoms with Crippen LogP contribution in [0, 0.1) is 0 Å². The zero-order valence-corrected chi connectivity index (χ0v) is 12.0. The number of nitrogens with zero attached hydrogens (tertiary/aromatic N) is 1. The van der Waals surface area contributed by atoms with Gasteiger partial charge in [-0.05, 0) is 29.8 Å². The summed E-state index contributed by atoms with van der Waals surface area (Å²) >= 11 is 0. The quantitative estimate of drug-likeness (QED) is 0.626. The fourth-order valence-corrected chi connectivity index (χ4v) is 2.08. The van der Waals surface area contributed by atoms with Gasteiger partial charge >= 0.3 is 11.9 Å². The van der Waals surface area contributed by atoms with Crippen LogP contribution in [0.4, 0.5) is 0 Å². The highest BCUT2D eigenvalue weighted by Gasteiger charge is 2.20. The van der Waals surface area contributed by atoms with Crippen molar-refractivity contribution in [3.8, 4) is 5.75 Å². The van der Waals surface area contributed by atoms with E-state index in [0.29, 0.717) is 12.2 Å². The Labute approximate surface area is 123 Å². The van der Waals surface area contributed by atoms with Crippen molar-refractivity contribution in [3.63, 3.8) is 0 Å². The number of aromatic nitrogens is 1. The lowest BCUT2D eigenvalue weighted by atomic mass is 10.1. The lowest BCUT2D eigenvalue weighted by Gasteiger charge is -2.16. The van der Waals surface area contributed by atoms with E-state index in [2.05, 4.69) is 0 Å². The van der Waals surface area contributed by atoms with Crippen molar-refractivity contribution in [1.29, 1.82) is 0 Å². The molecule has 0 saturated carbocycles. The van der Waals surface area contributed by atoms with Gasteiger partial charge in [0.25, 0.3) is 0 Å². The number of rotatable bonds is 5. The van der Waals surface area contributed by atoms with E-state index in [1.807, 2.05) is 41.2 Å². The molecule has 1 aromatic carbocycles. The summed E-state index contributed by atoms with van der Waals surface area (Å²) in [5.74, 6) is -0.167. The summed E-state index contributed by atoms with van der Waals surface area (Å²) in [5, 5.41) is 0. The lowest BCUT2D eigenvalue weighted by molar-refractivity contribution is -0.144. The van der Waals surface area contributed by atoms with Gasteiger partial charge in [-0.25, -0.2) is 4.79 Å². The summed E-state index contributed by atoms with van der Waals surface area (Å²) in [6.45, 7) is 1.35. The molecule has 110 valence electrons. The number of benzene rings is 1. The molecule has 0 amide bonds.